The number of fused-ring (bicyclic) bond motifs is 6. The minimum Gasteiger partial charge on any atom is -0.309 e. The van der Waals surface area contributed by atoms with E-state index in [9.17, 15) is 5.26 Å². The molecule has 0 aliphatic heterocycles. The van der Waals surface area contributed by atoms with Crippen molar-refractivity contribution in [1.29, 1.82) is 5.26 Å². The van der Waals surface area contributed by atoms with Crippen LogP contribution in [0.4, 0.5) is 5.69 Å². The molecule has 0 saturated heterocycles. The normalized spacial score (nSPS) is 11.3. The minimum absolute atomic E-state index is 0.440. The van der Waals surface area contributed by atoms with Crippen molar-refractivity contribution in [2.45, 2.75) is 0 Å². The van der Waals surface area contributed by atoms with Crippen molar-refractivity contribution >= 4 is 49.3 Å². The van der Waals surface area contributed by atoms with E-state index >= 15 is 0 Å². The molecule has 12 aromatic rings. The molecule has 0 unspecified atom stereocenters. The number of benzene rings is 9. The Labute approximate surface area is 380 Å². The van der Waals surface area contributed by atoms with Gasteiger partial charge in [0.2, 0.25) is 0 Å². The van der Waals surface area contributed by atoms with Gasteiger partial charge in [-0.15, -0.1) is 0 Å². The molecule has 0 aliphatic carbocycles. The van der Waals surface area contributed by atoms with Gasteiger partial charge in [-0.3, -0.25) is 0 Å². The summed E-state index contributed by atoms with van der Waals surface area (Å²) in [6, 6.07) is 74.8. The summed E-state index contributed by atoms with van der Waals surface area (Å²) in [5.41, 5.74) is 13.5. The van der Waals surface area contributed by atoms with Crippen LogP contribution in [0.3, 0.4) is 0 Å². The van der Waals surface area contributed by atoms with Crippen molar-refractivity contribution in [3.05, 3.63) is 229 Å². The monoisotopic (exact) mass is 841 g/mol. The van der Waals surface area contributed by atoms with Crippen molar-refractivity contribution in [2.75, 3.05) is 0 Å². The number of hydrogen-bond donors (Lipinski definition) is 0. The van der Waals surface area contributed by atoms with E-state index in [2.05, 4.69) is 154 Å². The van der Waals surface area contributed by atoms with Gasteiger partial charge in [-0.1, -0.05) is 146 Å². The van der Waals surface area contributed by atoms with E-state index < -0.39 is 0 Å². The van der Waals surface area contributed by atoms with Crippen LogP contribution < -0.4 is 0 Å². The highest BCUT2D eigenvalue weighted by molar-refractivity contribution is 6.12. The van der Waals surface area contributed by atoms with Crippen LogP contribution in [0.5, 0.6) is 0 Å². The molecule has 0 aliphatic rings. The molecule has 0 fully saturated rings. The van der Waals surface area contributed by atoms with Crippen molar-refractivity contribution < 1.29 is 0 Å². The molecule has 0 spiro atoms. The van der Waals surface area contributed by atoms with Gasteiger partial charge in [0.25, 0.3) is 0 Å². The van der Waals surface area contributed by atoms with Crippen molar-refractivity contribution in [2.24, 2.45) is 0 Å². The van der Waals surface area contributed by atoms with Crippen LogP contribution in [0, 0.1) is 17.9 Å². The Bertz CT molecular complexity index is 3890. The highest BCUT2D eigenvalue weighted by atomic mass is 15.1. The molecule has 12 rings (SSSR count). The second-order valence-corrected chi connectivity index (χ2v) is 16.2. The molecule has 0 amide bonds. The summed E-state index contributed by atoms with van der Waals surface area (Å²) in [6.45, 7) is 7.95. The Kier molecular flexibility index (Phi) is 9.12. The molecular formula is C59H35N7. The lowest BCUT2D eigenvalue weighted by Crippen LogP contribution is -2.04. The fourth-order valence-electron chi connectivity index (χ4n) is 9.36. The smallest absolute Gasteiger partial charge is 0.196 e. The van der Waals surface area contributed by atoms with E-state index in [1.807, 2.05) is 66.7 Å². The SMILES string of the molecule is [C-]#[N+]c1cc(C#N)ccc1-c1ccc2c(c1)c1ccccc1n2-c1ccc(-c2ccc3c4ccccc4n(-c4ccccc4)c3c2)cc1-c1nc(-c2ccccc2)nc(-c2ccccc2)n1. The number of para-hydroxylation sites is 3. The summed E-state index contributed by atoms with van der Waals surface area (Å²) in [5, 5.41) is 14.1. The van der Waals surface area contributed by atoms with E-state index in [4.69, 9.17) is 21.5 Å². The van der Waals surface area contributed by atoms with Gasteiger partial charge in [0.05, 0.1) is 40.4 Å². The van der Waals surface area contributed by atoms with Crippen LogP contribution >= 0.6 is 0 Å². The van der Waals surface area contributed by atoms with E-state index in [1.165, 1.54) is 10.8 Å². The zero-order valence-electron chi connectivity index (χ0n) is 35.3. The molecule has 7 heteroatoms. The van der Waals surface area contributed by atoms with Gasteiger partial charge in [-0.05, 0) is 89.0 Å². The number of rotatable bonds is 7. The average Bonchev–Trinajstić information content (AvgIpc) is 3.91. The number of hydrogen-bond acceptors (Lipinski definition) is 4. The van der Waals surface area contributed by atoms with Gasteiger partial charge in [0.1, 0.15) is 0 Å². The summed E-state index contributed by atoms with van der Waals surface area (Å²) in [7, 11) is 0. The van der Waals surface area contributed by atoms with Crippen LogP contribution in [-0.2, 0) is 0 Å². The van der Waals surface area contributed by atoms with E-state index in [0.717, 1.165) is 83.2 Å². The van der Waals surface area contributed by atoms with Gasteiger partial charge < -0.3 is 9.13 Å². The molecule has 3 heterocycles. The lowest BCUT2D eigenvalue weighted by atomic mass is 9.99. The van der Waals surface area contributed by atoms with Crippen molar-refractivity contribution in [1.82, 2.24) is 24.1 Å². The van der Waals surface area contributed by atoms with Crippen LogP contribution in [0.15, 0.2) is 212 Å². The Morgan fingerprint density at radius 1 is 0.394 bits per heavy atom. The molecule has 0 bridgehead atoms. The van der Waals surface area contributed by atoms with E-state index in [1.54, 1.807) is 12.1 Å². The predicted molar refractivity (Wildman–Crippen MR) is 267 cm³/mol. The molecular weight excluding hydrogens is 807 g/mol. The zero-order valence-corrected chi connectivity index (χ0v) is 35.3. The second kappa shape index (κ2) is 15.7. The Balaban J connectivity index is 1.13. The summed E-state index contributed by atoms with van der Waals surface area (Å²) in [4.78, 5) is 19.5. The molecule has 3 aromatic heterocycles. The van der Waals surface area contributed by atoms with Crippen molar-refractivity contribution in [3.8, 4) is 73.9 Å². The Hall–Kier alpha value is -9.43. The summed E-state index contributed by atoms with van der Waals surface area (Å²) in [5.74, 6) is 1.70. The van der Waals surface area contributed by atoms with E-state index in [-0.39, 0.29) is 0 Å². The van der Waals surface area contributed by atoms with E-state index in [0.29, 0.717) is 28.7 Å². The maximum absolute atomic E-state index is 9.58. The maximum Gasteiger partial charge on any atom is 0.196 e. The van der Waals surface area contributed by atoms with Crippen LogP contribution in [0.2, 0.25) is 0 Å². The summed E-state index contributed by atoms with van der Waals surface area (Å²) < 4.78 is 4.64. The lowest BCUT2D eigenvalue weighted by Gasteiger charge is -2.17. The summed E-state index contributed by atoms with van der Waals surface area (Å²) >= 11 is 0. The fourth-order valence-corrected chi connectivity index (χ4v) is 9.36. The van der Waals surface area contributed by atoms with Crippen LogP contribution in [0.25, 0.3) is 116 Å². The first-order chi connectivity index (χ1) is 32.6. The third-order valence-electron chi connectivity index (χ3n) is 12.4. The molecule has 0 N–H and O–H groups in total. The van der Waals surface area contributed by atoms with Crippen LogP contribution in [-0.4, -0.2) is 24.1 Å². The third-order valence-corrected chi connectivity index (χ3v) is 12.4. The van der Waals surface area contributed by atoms with Gasteiger partial charge in [0.15, 0.2) is 23.2 Å². The maximum atomic E-state index is 9.58. The number of aromatic nitrogens is 5. The standard InChI is InChI=1S/C59H35N7/c1-61-51-33-38(37-60)25-29-45(51)43-28-32-54-49(35-43)47-22-12-14-24-53(47)66(54)55-31-27-41(42-26-30-48-46-21-11-13-23-52(46)65(56(48)36-42)44-19-9-4-10-20-44)34-50(55)59-63-57(39-15-5-2-6-16-39)62-58(64-59)40-17-7-3-8-18-40/h2-36H. The molecule has 306 valence electrons. The molecule has 9 aromatic carbocycles. The fraction of sp³-hybridized carbons (Fsp3) is 0. The Morgan fingerprint density at radius 3 is 1.62 bits per heavy atom. The third kappa shape index (κ3) is 6.39. The first-order valence-electron chi connectivity index (χ1n) is 21.7. The predicted octanol–water partition coefficient (Wildman–Crippen LogP) is 14.8. The van der Waals surface area contributed by atoms with Gasteiger partial charge >= 0.3 is 0 Å². The molecule has 0 saturated carbocycles. The van der Waals surface area contributed by atoms with Gasteiger partial charge in [-0.2, -0.15) is 5.26 Å². The second-order valence-electron chi connectivity index (χ2n) is 16.2. The minimum atomic E-state index is 0.440. The summed E-state index contributed by atoms with van der Waals surface area (Å²) in [6.07, 6.45) is 0. The first kappa shape index (κ1) is 38.3. The Morgan fingerprint density at radius 2 is 0.939 bits per heavy atom. The molecule has 0 radical (unpaired) electrons. The van der Waals surface area contributed by atoms with Gasteiger partial charge in [0, 0.05) is 49.5 Å². The average molecular weight is 842 g/mol. The van der Waals surface area contributed by atoms with Crippen molar-refractivity contribution in [3.63, 3.8) is 0 Å². The number of nitriles is 1. The lowest BCUT2D eigenvalue weighted by molar-refractivity contribution is 1.06. The van der Waals surface area contributed by atoms with Gasteiger partial charge in [-0.25, -0.2) is 19.8 Å². The highest BCUT2D eigenvalue weighted by Gasteiger charge is 2.22. The van der Waals surface area contributed by atoms with Crippen LogP contribution in [0.1, 0.15) is 5.56 Å². The molecule has 66 heavy (non-hydrogen) atoms. The first-order valence-corrected chi connectivity index (χ1v) is 21.7. The highest BCUT2D eigenvalue weighted by Crippen LogP contribution is 2.42. The molecule has 7 nitrogen and oxygen atoms in total. The topological polar surface area (TPSA) is 76.7 Å². The molecule has 0 atom stereocenters. The largest absolute Gasteiger partial charge is 0.309 e. The zero-order chi connectivity index (χ0) is 44.1. The quantitative estimate of drug-likeness (QED) is 0.150. The number of nitrogens with zero attached hydrogens (tertiary/aromatic N) is 7.